The Bertz CT molecular complexity index is 1400. The molecule has 1 aliphatic heterocycles. The van der Waals surface area contributed by atoms with Gasteiger partial charge in [0.25, 0.3) is 15.7 Å². The summed E-state index contributed by atoms with van der Waals surface area (Å²) in [6.45, 7) is 1.77. The van der Waals surface area contributed by atoms with Crippen LogP contribution >= 0.6 is 0 Å². The third kappa shape index (κ3) is 4.76. The van der Waals surface area contributed by atoms with Gasteiger partial charge >= 0.3 is 11.5 Å². The van der Waals surface area contributed by atoms with Gasteiger partial charge in [0.15, 0.2) is 0 Å². The average Bonchev–Trinajstić information content (AvgIpc) is 3.06. The predicted octanol–water partition coefficient (Wildman–Crippen LogP) is 4.01. The van der Waals surface area contributed by atoms with Gasteiger partial charge in [0, 0.05) is 18.2 Å². The van der Waals surface area contributed by atoms with Gasteiger partial charge in [0.2, 0.25) is 0 Å². The largest absolute Gasteiger partial charge is 0.501 e. The monoisotopic (exact) mass is 519 g/mol. The van der Waals surface area contributed by atoms with Gasteiger partial charge in [-0.2, -0.15) is 13.2 Å². The Morgan fingerprint density at radius 1 is 1.03 bits per heavy atom. The highest BCUT2D eigenvalue weighted by atomic mass is 32.2. The third-order valence-electron chi connectivity index (χ3n) is 5.62. The Hall–Kier alpha value is -3.93. The van der Waals surface area contributed by atoms with E-state index in [4.69, 9.17) is 4.74 Å². The highest BCUT2D eigenvalue weighted by molar-refractivity contribution is 7.92. The summed E-state index contributed by atoms with van der Waals surface area (Å²) in [5.41, 5.74) is -5.42. The van der Waals surface area contributed by atoms with Crippen molar-refractivity contribution in [3.05, 3.63) is 84.2 Å². The van der Waals surface area contributed by atoms with Crippen LogP contribution < -0.4 is 15.0 Å². The lowest BCUT2D eigenvalue weighted by Crippen LogP contribution is -2.46. The zero-order valence-corrected chi connectivity index (χ0v) is 19.6. The standard InChI is InChI=1S/C24H20F3N3O5S/c1-23(13-17-11-12-28-14-20(17)35-15-16-5-3-2-4-6-16)21(31)30(22(32)29-23)18-7-9-19(10-8-18)36(33,34)24(25,26)27/h2-12,14H,13,15H2,1H3,(H,29,32). The maximum absolute atomic E-state index is 13.3. The zero-order chi connectivity index (χ0) is 26.1. The third-order valence-corrected chi connectivity index (χ3v) is 7.12. The van der Waals surface area contributed by atoms with Gasteiger partial charge in [-0.25, -0.2) is 18.1 Å². The number of imide groups is 1. The number of anilines is 1. The summed E-state index contributed by atoms with van der Waals surface area (Å²) in [4.78, 5) is 29.8. The second-order valence-corrected chi connectivity index (χ2v) is 10.2. The van der Waals surface area contributed by atoms with E-state index in [2.05, 4.69) is 10.3 Å². The number of sulfone groups is 1. The Morgan fingerprint density at radius 2 is 1.69 bits per heavy atom. The Morgan fingerprint density at radius 3 is 2.33 bits per heavy atom. The molecule has 2 aromatic carbocycles. The minimum Gasteiger partial charge on any atom is -0.487 e. The molecule has 0 saturated carbocycles. The van der Waals surface area contributed by atoms with Gasteiger partial charge in [0.1, 0.15) is 17.9 Å². The molecule has 0 bridgehead atoms. The van der Waals surface area contributed by atoms with Gasteiger partial charge in [0.05, 0.1) is 16.8 Å². The number of alkyl halides is 3. The fourth-order valence-corrected chi connectivity index (χ4v) is 4.51. The highest BCUT2D eigenvalue weighted by Gasteiger charge is 2.50. The number of urea groups is 1. The van der Waals surface area contributed by atoms with E-state index < -0.39 is 37.7 Å². The number of nitrogens with zero attached hydrogens (tertiary/aromatic N) is 2. The van der Waals surface area contributed by atoms with E-state index in [-0.39, 0.29) is 18.7 Å². The summed E-state index contributed by atoms with van der Waals surface area (Å²) in [6.07, 6.45) is 3.06. The van der Waals surface area contributed by atoms with Crippen LogP contribution in [-0.2, 0) is 27.7 Å². The quantitative estimate of drug-likeness (QED) is 0.473. The lowest BCUT2D eigenvalue weighted by molar-refractivity contribution is -0.121. The summed E-state index contributed by atoms with van der Waals surface area (Å²) < 4.78 is 67.5. The van der Waals surface area contributed by atoms with Crippen LogP contribution in [-0.4, -0.2) is 36.4 Å². The van der Waals surface area contributed by atoms with Gasteiger partial charge in [-0.1, -0.05) is 30.3 Å². The molecule has 0 aliphatic carbocycles. The lowest BCUT2D eigenvalue weighted by atomic mass is 9.92. The molecular weight excluding hydrogens is 499 g/mol. The number of hydrogen-bond donors (Lipinski definition) is 1. The van der Waals surface area contributed by atoms with Crippen molar-refractivity contribution in [2.24, 2.45) is 0 Å². The second-order valence-electron chi connectivity index (χ2n) is 8.28. The van der Waals surface area contributed by atoms with E-state index in [1.54, 1.807) is 6.07 Å². The number of nitrogens with one attached hydrogen (secondary N) is 1. The van der Waals surface area contributed by atoms with Crippen molar-refractivity contribution in [2.75, 3.05) is 4.90 Å². The Kier molecular flexibility index (Phi) is 6.48. The number of ether oxygens (including phenoxy) is 1. The van der Waals surface area contributed by atoms with Crippen molar-refractivity contribution in [1.82, 2.24) is 10.3 Å². The molecule has 8 nitrogen and oxygen atoms in total. The van der Waals surface area contributed by atoms with E-state index >= 15 is 0 Å². The molecule has 2 heterocycles. The van der Waals surface area contributed by atoms with Crippen LogP contribution in [0, 0.1) is 0 Å². The van der Waals surface area contributed by atoms with E-state index in [1.165, 1.54) is 19.3 Å². The Labute approximate surface area is 204 Å². The van der Waals surface area contributed by atoms with Crippen molar-refractivity contribution in [3.8, 4) is 5.75 Å². The van der Waals surface area contributed by atoms with E-state index in [0.29, 0.717) is 23.4 Å². The van der Waals surface area contributed by atoms with Crippen molar-refractivity contribution in [1.29, 1.82) is 0 Å². The number of carbonyl (C=O) groups excluding carboxylic acids is 2. The Balaban J connectivity index is 1.54. The molecule has 188 valence electrons. The number of pyridine rings is 1. The molecule has 1 unspecified atom stereocenters. The van der Waals surface area contributed by atoms with E-state index in [0.717, 1.165) is 22.6 Å². The molecular formula is C24H20F3N3O5S. The summed E-state index contributed by atoms with van der Waals surface area (Å²) in [6, 6.07) is 13.6. The minimum absolute atomic E-state index is 0.0429. The number of carbonyl (C=O) groups is 2. The van der Waals surface area contributed by atoms with Crippen LogP contribution in [0.2, 0.25) is 0 Å². The number of halogens is 3. The number of amides is 3. The van der Waals surface area contributed by atoms with Gasteiger partial charge in [-0.3, -0.25) is 9.78 Å². The van der Waals surface area contributed by atoms with Crippen LogP contribution in [0.25, 0.3) is 0 Å². The smallest absolute Gasteiger partial charge is 0.487 e. The van der Waals surface area contributed by atoms with Gasteiger partial charge in [-0.05, 0) is 42.8 Å². The molecule has 0 spiro atoms. The second kappa shape index (κ2) is 9.26. The molecule has 3 amide bonds. The molecule has 1 aliphatic rings. The molecule has 1 aromatic heterocycles. The van der Waals surface area contributed by atoms with Crippen molar-refractivity contribution in [2.45, 2.75) is 35.9 Å². The molecule has 1 saturated heterocycles. The number of benzene rings is 2. The fraction of sp³-hybridized carbons (Fsp3) is 0.208. The summed E-state index contributed by atoms with van der Waals surface area (Å²) >= 11 is 0. The number of rotatable bonds is 7. The first kappa shape index (κ1) is 25.2. The van der Waals surface area contributed by atoms with Gasteiger partial charge in [-0.15, -0.1) is 0 Å². The minimum atomic E-state index is -5.56. The zero-order valence-electron chi connectivity index (χ0n) is 18.8. The topological polar surface area (TPSA) is 106 Å². The fourth-order valence-electron chi connectivity index (χ4n) is 3.75. The SMILES string of the molecule is CC1(Cc2ccncc2OCc2ccccc2)NC(=O)N(c2ccc(S(=O)(=O)C(F)(F)F)cc2)C1=O. The highest BCUT2D eigenvalue weighted by Crippen LogP contribution is 2.33. The van der Waals surface area contributed by atoms with Crippen LogP contribution in [0.5, 0.6) is 5.75 Å². The molecule has 0 radical (unpaired) electrons. The molecule has 12 heteroatoms. The number of aromatic nitrogens is 1. The molecule has 1 fully saturated rings. The van der Waals surface area contributed by atoms with Crippen LogP contribution in [0.4, 0.5) is 23.7 Å². The average molecular weight is 520 g/mol. The van der Waals surface area contributed by atoms with Crippen LogP contribution in [0.3, 0.4) is 0 Å². The molecule has 36 heavy (non-hydrogen) atoms. The number of hydrogen-bond acceptors (Lipinski definition) is 6. The summed E-state index contributed by atoms with van der Waals surface area (Å²) in [7, 11) is -5.56. The van der Waals surface area contributed by atoms with Crippen LogP contribution in [0.1, 0.15) is 18.1 Å². The van der Waals surface area contributed by atoms with Crippen molar-refractivity contribution >= 4 is 27.5 Å². The maximum Gasteiger partial charge on any atom is 0.501 e. The lowest BCUT2D eigenvalue weighted by Gasteiger charge is -2.23. The molecule has 1 atom stereocenters. The molecule has 1 N–H and O–H groups in total. The van der Waals surface area contributed by atoms with Crippen molar-refractivity contribution < 1.29 is 35.9 Å². The first-order valence-corrected chi connectivity index (χ1v) is 12.1. The first-order chi connectivity index (χ1) is 16.9. The summed E-state index contributed by atoms with van der Waals surface area (Å²) in [5.74, 6) is -0.241. The molecule has 3 aromatic rings. The maximum atomic E-state index is 13.3. The van der Waals surface area contributed by atoms with Gasteiger partial charge < -0.3 is 10.1 Å². The first-order valence-electron chi connectivity index (χ1n) is 10.6. The van der Waals surface area contributed by atoms with E-state index in [1.807, 2.05) is 30.3 Å². The van der Waals surface area contributed by atoms with Crippen molar-refractivity contribution in [3.63, 3.8) is 0 Å². The summed E-state index contributed by atoms with van der Waals surface area (Å²) in [5, 5.41) is 2.61. The normalized spacial score (nSPS) is 18.3. The van der Waals surface area contributed by atoms with E-state index in [9.17, 15) is 31.2 Å². The molecule has 4 rings (SSSR count). The van der Waals surface area contributed by atoms with Crippen LogP contribution in [0.15, 0.2) is 78.0 Å². The predicted molar refractivity (Wildman–Crippen MR) is 123 cm³/mol.